The molecule has 0 atom stereocenters. The third-order valence-corrected chi connectivity index (χ3v) is 1.40. The lowest BCUT2D eigenvalue weighted by Crippen LogP contribution is -2.29. The maximum Gasteiger partial charge on any atom is 0.328 e. The van der Waals surface area contributed by atoms with Gasteiger partial charge in [0.05, 0.1) is 0 Å². The van der Waals surface area contributed by atoms with Crippen LogP contribution < -0.4 is 10.6 Å². The fourth-order valence-electron chi connectivity index (χ4n) is 0.791. The molecule has 0 unspecified atom stereocenters. The van der Waals surface area contributed by atoms with Gasteiger partial charge in [-0.25, -0.2) is 4.79 Å². The Kier molecular flexibility index (Phi) is 6.61. The van der Waals surface area contributed by atoms with Crippen LogP contribution in [0.15, 0.2) is 12.2 Å². The Bertz CT molecular complexity index is 273. The molecule has 0 aliphatic carbocycles. The number of amides is 2. The summed E-state index contributed by atoms with van der Waals surface area (Å²) in [7, 11) is 0. The van der Waals surface area contributed by atoms with Gasteiger partial charge in [0, 0.05) is 31.7 Å². The molecule has 0 aromatic heterocycles. The first-order chi connectivity index (χ1) is 7.06. The molecule has 0 fully saturated rings. The number of carbonyl (C=O) groups is 3. The summed E-state index contributed by atoms with van der Waals surface area (Å²) in [6.07, 6.45) is 1.82. The van der Waals surface area contributed by atoms with E-state index in [2.05, 4.69) is 10.6 Å². The van der Waals surface area contributed by atoms with Gasteiger partial charge in [0.1, 0.15) is 0 Å². The SMILES string of the molecule is CCNC(=O)CCNC(=O)/C=C/C(=O)O. The first kappa shape index (κ1) is 13.2. The van der Waals surface area contributed by atoms with E-state index in [1.165, 1.54) is 0 Å². The number of carbonyl (C=O) groups excluding carboxylic acids is 2. The fourth-order valence-corrected chi connectivity index (χ4v) is 0.791. The Balaban J connectivity index is 3.64. The van der Waals surface area contributed by atoms with E-state index in [0.717, 1.165) is 12.2 Å². The zero-order valence-electron chi connectivity index (χ0n) is 8.45. The van der Waals surface area contributed by atoms with Crippen molar-refractivity contribution in [3.63, 3.8) is 0 Å². The molecule has 0 saturated heterocycles. The van der Waals surface area contributed by atoms with Crippen LogP contribution in [0.2, 0.25) is 0 Å². The highest BCUT2D eigenvalue weighted by Crippen LogP contribution is 1.79. The Labute approximate surface area is 87.3 Å². The number of carboxylic acid groups (broad SMARTS) is 1. The average Bonchev–Trinajstić information content (AvgIpc) is 2.15. The lowest BCUT2D eigenvalue weighted by molar-refractivity contribution is -0.131. The standard InChI is InChI=1S/C9H14N2O4/c1-2-10-8(13)5-6-11-7(12)3-4-9(14)15/h3-4H,2,5-6H2,1H3,(H,10,13)(H,11,12)(H,14,15)/b4-3+. The van der Waals surface area contributed by atoms with E-state index in [0.29, 0.717) is 6.54 Å². The van der Waals surface area contributed by atoms with Crippen LogP contribution in [-0.2, 0) is 14.4 Å². The molecule has 0 aliphatic heterocycles. The third-order valence-electron chi connectivity index (χ3n) is 1.40. The Morgan fingerprint density at radius 1 is 1.20 bits per heavy atom. The topological polar surface area (TPSA) is 95.5 Å². The minimum Gasteiger partial charge on any atom is -0.478 e. The molecular weight excluding hydrogens is 200 g/mol. The van der Waals surface area contributed by atoms with E-state index in [1.807, 2.05) is 0 Å². The molecule has 0 bridgehead atoms. The summed E-state index contributed by atoms with van der Waals surface area (Å²) in [5, 5.41) is 13.2. The molecule has 0 saturated carbocycles. The largest absolute Gasteiger partial charge is 0.478 e. The lowest BCUT2D eigenvalue weighted by Gasteiger charge is -2.02. The van der Waals surface area contributed by atoms with Gasteiger partial charge in [-0.15, -0.1) is 0 Å². The van der Waals surface area contributed by atoms with Crippen LogP contribution in [0.5, 0.6) is 0 Å². The van der Waals surface area contributed by atoms with E-state index in [4.69, 9.17) is 5.11 Å². The van der Waals surface area contributed by atoms with Gasteiger partial charge in [-0.3, -0.25) is 9.59 Å². The Morgan fingerprint density at radius 2 is 1.87 bits per heavy atom. The van der Waals surface area contributed by atoms with Crippen molar-refractivity contribution in [2.75, 3.05) is 13.1 Å². The molecule has 0 rings (SSSR count). The predicted octanol–water partition coefficient (Wildman–Crippen LogP) is -0.730. The van der Waals surface area contributed by atoms with Crippen molar-refractivity contribution in [2.45, 2.75) is 13.3 Å². The summed E-state index contributed by atoms with van der Waals surface area (Å²) in [5.74, 6) is -1.87. The second-order valence-electron chi connectivity index (χ2n) is 2.67. The summed E-state index contributed by atoms with van der Waals surface area (Å²) < 4.78 is 0. The molecule has 15 heavy (non-hydrogen) atoms. The van der Waals surface area contributed by atoms with Gasteiger partial charge in [0.25, 0.3) is 0 Å². The molecule has 6 nitrogen and oxygen atoms in total. The fraction of sp³-hybridized carbons (Fsp3) is 0.444. The normalized spacial score (nSPS) is 9.93. The van der Waals surface area contributed by atoms with Crippen LogP contribution in [0.3, 0.4) is 0 Å². The summed E-state index contributed by atoms with van der Waals surface area (Å²) in [6.45, 7) is 2.53. The minimum absolute atomic E-state index is 0.153. The second kappa shape index (κ2) is 7.54. The van der Waals surface area contributed by atoms with Crippen LogP contribution in [0.1, 0.15) is 13.3 Å². The highest BCUT2D eigenvalue weighted by molar-refractivity contribution is 5.94. The lowest BCUT2D eigenvalue weighted by atomic mass is 10.4. The molecule has 6 heteroatoms. The van der Waals surface area contributed by atoms with Gasteiger partial charge in [-0.1, -0.05) is 0 Å². The van der Waals surface area contributed by atoms with Crippen molar-refractivity contribution in [2.24, 2.45) is 0 Å². The molecule has 0 aromatic carbocycles. The maximum atomic E-state index is 10.9. The quantitative estimate of drug-likeness (QED) is 0.508. The van der Waals surface area contributed by atoms with Gasteiger partial charge in [-0.2, -0.15) is 0 Å². The molecule has 0 aliphatic rings. The zero-order valence-corrected chi connectivity index (χ0v) is 8.45. The maximum absolute atomic E-state index is 10.9. The molecule has 0 heterocycles. The van der Waals surface area contributed by atoms with Crippen molar-refractivity contribution in [1.82, 2.24) is 10.6 Å². The van der Waals surface area contributed by atoms with E-state index in [9.17, 15) is 14.4 Å². The van der Waals surface area contributed by atoms with E-state index in [1.54, 1.807) is 6.92 Å². The molecule has 0 spiro atoms. The van der Waals surface area contributed by atoms with E-state index >= 15 is 0 Å². The second-order valence-corrected chi connectivity index (χ2v) is 2.67. The smallest absolute Gasteiger partial charge is 0.328 e. The molecule has 2 amide bonds. The van der Waals surface area contributed by atoms with Crippen molar-refractivity contribution >= 4 is 17.8 Å². The molecule has 3 N–H and O–H groups in total. The van der Waals surface area contributed by atoms with Gasteiger partial charge in [0.15, 0.2) is 0 Å². The van der Waals surface area contributed by atoms with Crippen molar-refractivity contribution in [3.8, 4) is 0 Å². The molecule has 0 radical (unpaired) electrons. The molecule has 84 valence electrons. The van der Waals surface area contributed by atoms with E-state index in [-0.39, 0.29) is 18.9 Å². The summed E-state index contributed by atoms with van der Waals surface area (Å²) in [6, 6.07) is 0. The first-order valence-corrected chi connectivity index (χ1v) is 4.51. The van der Waals surface area contributed by atoms with Gasteiger partial charge < -0.3 is 15.7 Å². The number of hydrogen-bond acceptors (Lipinski definition) is 3. The monoisotopic (exact) mass is 214 g/mol. The van der Waals surface area contributed by atoms with Gasteiger partial charge in [0.2, 0.25) is 11.8 Å². The van der Waals surface area contributed by atoms with Crippen molar-refractivity contribution < 1.29 is 19.5 Å². The van der Waals surface area contributed by atoms with Crippen LogP contribution in [0.4, 0.5) is 0 Å². The minimum atomic E-state index is -1.19. The summed E-state index contributed by atoms with van der Waals surface area (Å²) >= 11 is 0. The molecular formula is C9H14N2O4. The van der Waals surface area contributed by atoms with Gasteiger partial charge in [-0.05, 0) is 6.92 Å². The number of nitrogens with one attached hydrogen (secondary N) is 2. The van der Waals surface area contributed by atoms with Gasteiger partial charge >= 0.3 is 5.97 Å². The van der Waals surface area contributed by atoms with E-state index < -0.39 is 11.9 Å². The van der Waals surface area contributed by atoms with Crippen molar-refractivity contribution in [3.05, 3.63) is 12.2 Å². The highest BCUT2D eigenvalue weighted by Gasteiger charge is 2.00. The third kappa shape index (κ3) is 8.48. The zero-order chi connectivity index (χ0) is 11.7. The van der Waals surface area contributed by atoms with Crippen LogP contribution in [0, 0.1) is 0 Å². The van der Waals surface area contributed by atoms with Crippen LogP contribution >= 0.6 is 0 Å². The predicted molar refractivity (Wildman–Crippen MR) is 53.1 cm³/mol. The van der Waals surface area contributed by atoms with Crippen LogP contribution in [-0.4, -0.2) is 36.0 Å². The number of rotatable bonds is 6. The molecule has 0 aromatic rings. The summed E-state index contributed by atoms with van der Waals surface area (Å²) in [4.78, 5) is 31.9. The van der Waals surface area contributed by atoms with Crippen molar-refractivity contribution in [1.29, 1.82) is 0 Å². The first-order valence-electron chi connectivity index (χ1n) is 4.51. The summed E-state index contributed by atoms with van der Waals surface area (Å²) in [5.41, 5.74) is 0. The number of aliphatic carboxylic acids is 1. The Hall–Kier alpha value is -1.85. The van der Waals surface area contributed by atoms with Crippen LogP contribution in [0.25, 0.3) is 0 Å². The number of carboxylic acids is 1. The Morgan fingerprint density at radius 3 is 2.40 bits per heavy atom. The number of hydrogen-bond donors (Lipinski definition) is 3. The average molecular weight is 214 g/mol. The highest BCUT2D eigenvalue weighted by atomic mass is 16.4.